The lowest BCUT2D eigenvalue weighted by Crippen LogP contribution is -2.17. The van der Waals surface area contributed by atoms with Crippen molar-refractivity contribution in [3.63, 3.8) is 0 Å². The third kappa shape index (κ3) is 6.36. The van der Waals surface area contributed by atoms with E-state index in [1.54, 1.807) is 7.11 Å². The standard InChI is InChI=1S/C10H21O/c1-5-6-7-8-10(2,3)9-11-4/h1,5-9H2,2-4H3. The van der Waals surface area contributed by atoms with Crippen LogP contribution in [-0.4, -0.2) is 13.7 Å². The Morgan fingerprint density at radius 1 is 1.27 bits per heavy atom. The minimum absolute atomic E-state index is 0.351. The molecule has 0 unspecified atom stereocenters. The normalized spacial score (nSPS) is 12.0. The van der Waals surface area contributed by atoms with Crippen LogP contribution in [0.5, 0.6) is 0 Å². The molecule has 0 N–H and O–H groups in total. The lowest BCUT2D eigenvalue weighted by Gasteiger charge is -2.22. The second-order valence-corrected chi connectivity index (χ2v) is 3.91. The molecule has 0 aromatic rings. The molecule has 0 spiro atoms. The fourth-order valence-electron chi connectivity index (χ4n) is 1.24. The monoisotopic (exact) mass is 157 g/mol. The van der Waals surface area contributed by atoms with Gasteiger partial charge in [0.2, 0.25) is 0 Å². The van der Waals surface area contributed by atoms with Gasteiger partial charge < -0.3 is 4.74 Å². The Morgan fingerprint density at radius 2 is 1.91 bits per heavy atom. The number of methoxy groups -OCH3 is 1. The molecule has 0 aromatic carbocycles. The molecule has 0 saturated carbocycles. The molecule has 1 nitrogen and oxygen atoms in total. The van der Waals surface area contributed by atoms with Crippen molar-refractivity contribution in [2.45, 2.75) is 39.5 Å². The van der Waals surface area contributed by atoms with E-state index < -0.39 is 0 Å². The maximum atomic E-state index is 5.12. The Hall–Kier alpha value is -0.0400. The molecule has 0 saturated heterocycles. The number of unbranched alkanes of at least 4 members (excludes halogenated alkanes) is 2. The quantitative estimate of drug-likeness (QED) is 0.538. The summed E-state index contributed by atoms with van der Waals surface area (Å²) < 4.78 is 5.12. The molecule has 11 heavy (non-hydrogen) atoms. The molecule has 0 atom stereocenters. The Bertz CT molecular complexity index is 86.9. The number of rotatable bonds is 6. The van der Waals surface area contributed by atoms with Crippen LogP contribution >= 0.6 is 0 Å². The van der Waals surface area contributed by atoms with Crippen LogP contribution < -0.4 is 0 Å². The number of hydrogen-bond donors (Lipinski definition) is 0. The first-order valence-electron chi connectivity index (χ1n) is 4.40. The Labute approximate surface area is 71.1 Å². The summed E-state index contributed by atoms with van der Waals surface area (Å²) in [5.41, 5.74) is 0.351. The first-order valence-corrected chi connectivity index (χ1v) is 4.40. The number of hydrogen-bond acceptors (Lipinski definition) is 1. The van der Waals surface area contributed by atoms with Crippen molar-refractivity contribution < 1.29 is 4.74 Å². The molecule has 67 valence electrons. The predicted octanol–water partition coefficient (Wildman–Crippen LogP) is 3.05. The Morgan fingerprint density at radius 3 is 2.36 bits per heavy atom. The highest BCUT2D eigenvalue weighted by Crippen LogP contribution is 2.23. The van der Waals surface area contributed by atoms with Gasteiger partial charge in [0.05, 0.1) is 6.61 Å². The van der Waals surface area contributed by atoms with Gasteiger partial charge in [-0.25, -0.2) is 0 Å². The van der Waals surface area contributed by atoms with E-state index in [1.807, 2.05) is 0 Å². The van der Waals surface area contributed by atoms with Gasteiger partial charge in [-0.05, 0) is 11.8 Å². The highest BCUT2D eigenvalue weighted by Gasteiger charge is 2.16. The van der Waals surface area contributed by atoms with Gasteiger partial charge in [0.25, 0.3) is 0 Å². The highest BCUT2D eigenvalue weighted by atomic mass is 16.5. The van der Waals surface area contributed by atoms with Crippen molar-refractivity contribution >= 4 is 0 Å². The van der Waals surface area contributed by atoms with E-state index in [4.69, 9.17) is 4.74 Å². The minimum Gasteiger partial charge on any atom is -0.384 e. The molecule has 0 aliphatic heterocycles. The van der Waals surface area contributed by atoms with Gasteiger partial charge in [-0.1, -0.05) is 40.0 Å². The van der Waals surface area contributed by atoms with Gasteiger partial charge in [0.1, 0.15) is 0 Å². The van der Waals surface area contributed by atoms with Crippen molar-refractivity contribution in [2.75, 3.05) is 13.7 Å². The Balaban J connectivity index is 3.38. The van der Waals surface area contributed by atoms with Crippen LogP contribution in [0.25, 0.3) is 0 Å². The van der Waals surface area contributed by atoms with Gasteiger partial charge in [-0.2, -0.15) is 0 Å². The molecule has 0 aromatic heterocycles. The maximum absolute atomic E-state index is 5.12. The zero-order valence-corrected chi connectivity index (χ0v) is 8.15. The second kappa shape index (κ2) is 5.59. The molecule has 0 bridgehead atoms. The van der Waals surface area contributed by atoms with Crippen molar-refractivity contribution in [3.8, 4) is 0 Å². The molecule has 0 heterocycles. The summed E-state index contributed by atoms with van der Waals surface area (Å²) in [7, 11) is 1.77. The van der Waals surface area contributed by atoms with E-state index in [-0.39, 0.29) is 0 Å². The predicted molar refractivity (Wildman–Crippen MR) is 49.5 cm³/mol. The molecular formula is C10H21O. The molecule has 0 aliphatic rings. The Kier molecular flexibility index (Phi) is 5.57. The third-order valence-electron chi connectivity index (χ3n) is 1.89. The zero-order valence-electron chi connectivity index (χ0n) is 8.15. The van der Waals surface area contributed by atoms with E-state index >= 15 is 0 Å². The average Bonchev–Trinajstić information content (AvgIpc) is 1.87. The first kappa shape index (κ1) is 11.0. The SMILES string of the molecule is [CH2]CCCCC(C)(C)COC. The van der Waals surface area contributed by atoms with E-state index in [0.29, 0.717) is 5.41 Å². The molecule has 0 aliphatic carbocycles. The van der Waals surface area contributed by atoms with E-state index in [9.17, 15) is 0 Å². The van der Waals surface area contributed by atoms with E-state index in [2.05, 4.69) is 20.8 Å². The van der Waals surface area contributed by atoms with Crippen LogP contribution in [0.1, 0.15) is 39.5 Å². The zero-order chi connectivity index (χ0) is 8.74. The summed E-state index contributed by atoms with van der Waals surface area (Å²) in [5, 5.41) is 0. The van der Waals surface area contributed by atoms with Crippen LogP contribution in [0.3, 0.4) is 0 Å². The molecule has 0 amide bonds. The van der Waals surface area contributed by atoms with Crippen LogP contribution in [0.4, 0.5) is 0 Å². The minimum atomic E-state index is 0.351. The van der Waals surface area contributed by atoms with Crippen LogP contribution in [0.2, 0.25) is 0 Å². The van der Waals surface area contributed by atoms with Gasteiger partial charge >= 0.3 is 0 Å². The maximum Gasteiger partial charge on any atom is 0.0513 e. The first-order chi connectivity index (χ1) is 5.12. The summed E-state index contributed by atoms with van der Waals surface area (Å²) in [6.07, 6.45) is 4.83. The van der Waals surface area contributed by atoms with Crippen molar-refractivity contribution in [1.29, 1.82) is 0 Å². The van der Waals surface area contributed by atoms with Crippen LogP contribution in [0.15, 0.2) is 0 Å². The summed E-state index contributed by atoms with van der Waals surface area (Å²) in [5.74, 6) is 0. The molecular weight excluding hydrogens is 136 g/mol. The fraction of sp³-hybridized carbons (Fsp3) is 0.900. The second-order valence-electron chi connectivity index (χ2n) is 3.91. The summed E-state index contributed by atoms with van der Waals surface area (Å²) in [4.78, 5) is 0. The average molecular weight is 157 g/mol. The van der Waals surface area contributed by atoms with Gasteiger partial charge in [0, 0.05) is 7.11 Å². The largest absolute Gasteiger partial charge is 0.384 e. The van der Waals surface area contributed by atoms with Gasteiger partial charge in [0.15, 0.2) is 0 Å². The summed E-state index contributed by atoms with van der Waals surface area (Å²) in [6.45, 7) is 9.18. The number of ether oxygens (including phenoxy) is 1. The molecule has 1 heteroatoms. The summed E-state index contributed by atoms with van der Waals surface area (Å²) in [6, 6.07) is 0. The highest BCUT2D eigenvalue weighted by molar-refractivity contribution is 4.67. The van der Waals surface area contributed by atoms with E-state index in [1.165, 1.54) is 19.3 Å². The lowest BCUT2D eigenvalue weighted by atomic mass is 9.88. The van der Waals surface area contributed by atoms with Crippen molar-refractivity contribution in [2.24, 2.45) is 5.41 Å². The summed E-state index contributed by atoms with van der Waals surface area (Å²) >= 11 is 0. The van der Waals surface area contributed by atoms with Crippen molar-refractivity contribution in [3.05, 3.63) is 6.92 Å². The topological polar surface area (TPSA) is 9.23 Å². The molecule has 0 fully saturated rings. The van der Waals surface area contributed by atoms with Crippen molar-refractivity contribution in [1.82, 2.24) is 0 Å². The fourth-order valence-corrected chi connectivity index (χ4v) is 1.24. The van der Waals surface area contributed by atoms with Crippen LogP contribution in [0, 0.1) is 12.3 Å². The molecule has 0 rings (SSSR count). The van der Waals surface area contributed by atoms with Gasteiger partial charge in [-0.15, -0.1) is 0 Å². The third-order valence-corrected chi connectivity index (χ3v) is 1.89. The lowest BCUT2D eigenvalue weighted by molar-refractivity contribution is 0.0964. The molecule has 1 radical (unpaired) electrons. The van der Waals surface area contributed by atoms with Crippen LogP contribution in [-0.2, 0) is 4.74 Å². The van der Waals surface area contributed by atoms with Gasteiger partial charge in [-0.3, -0.25) is 0 Å². The smallest absolute Gasteiger partial charge is 0.0513 e. The van der Waals surface area contributed by atoms with E-state index in [0.717, 1.165) is 13.0 Å².